The van der Waals surface area contributed by atoms with Gasteiger partial charge in [0.1, 0.15) is 11.4 Å². The Morgan fingerprint density at radius 3 is 2.80 bits per heavy atom. The maximum Gasteiger partial charge on any atom is 0.338 e. The van der Waals surface area contributed by atoms with Crippen molar-refractivity contribution in [2.45, 2.75) is 6.92 Å². The van der Waals surface area contributed by atoms with Gasteiger partial charge in [0.05, 0.1) is 7.05 Å². The Balaban J connectivity index is 2.26. The van der Waals surface area contributed by atoms with Crippen molar-refractivity contribution in [1.29, 1.82) is 0 Å². The fourth-order valence-corrected chi connectivity index (χ4v) is 2.37. The van der Waals surface area contributed by atoms with Gasteiger partial charge in [0, 0.05) is 16.5 Å². The van der Waals surface area contributed by atoms with E-state index in [4.69, 9.17) is 11.6 Å². The van der Waals surface area contributed by atoms with Gasteiger partial charge in [-0.15, -0.1) is 0 Å². The van der Waals surface area contributed by atoms with Crippen LogP contribution in [0.15, 0.2) is 29.6 Å². The SMILES string of the molecule is Cc1csc(Nc2cccc(Cl)c2)[n+]1C. The van der Waals surface area contributed by atoms with Crippen molar-refractivity contribution in [2.75, 3.05) is 5.32 Å². The molecule has 1 aromatic carbocycles. The average molecular weight is 240 g/mol. The van der Waals surface area contributed by atoms with E-state index in [-0.39, 0.29) is 0 Å². The fraction of sp³-hybridized carbons (Fsp3) is 0.182. The molecule has 0 saturated carbocycles. The second-order valence-corrected chi connectivity index (χ2v) is 4.67. The van der Waals surface area contributed by atoms with Crippen LogP contribution in [0.25, 0.3) is 0 Å². The number of halogens is 1. The van der Waals surface area contributed by atoms with E-state index < -0.39 is 0 Å². The number of aromatic nitrogens is 1. The molecule has 0 aliphatic rings. The molecule has 0 unspecified atom stereocenters. The van der Waals surface area contributed by atoms with Crippen LogP contribution in [0.2, 0.25) is 5.02 Å². The quantitative estimate of drug-likeness (QED) is 0.796. The van der Waals surface area contributed by atoms with E-state index in [0.717, 1.165) is 15.8 Å². The lowest BCUT2D eigenvalue weighted by molar-refractivity contribution is -0.658. The molecule has 0 saturated heterocycles. The largest absolute Gasteiger partial charge is 0.338 e. The summed E-state index contributed by atoms with van der Waals surface area (Å²) in [5.41, 5.74) is 2.25. The third kappa shape index (κ3) is 2.30. The third-order valence-electron chi connectivity index (χ3n) is 2.25. The zero-order valence-electron chi connectivity index (χ0n) is 8.62. The summed E-state index contributed by atoms with van der Waals surface area (Å²) in [6.07, 6.45) is 0. The molecular formula is C11H12ClN2S+. The summed E-state index contributed by atoms with van der Waals surface area (Å²) in [5.74, 6) is 0. The maximum atomic E-state index is 5.91. The third-order valence-corrected chi connectivity index (χ3v) is 3.54. The summed E-state index contributed by atoms with van der Waals surface area (Å²) in [7, 11) is 2.04. The Morgan fingerprint density at radius 1 is 1.40 bits per heavy atom. The van der Waals surface area contributed by atoms with Crippen molar-refractivity contribution in [3.8, 4) is 0 Å². The highest BCUT2D eigenvalue weighted by Crippen LogP contribution is 2.21. The zero-order valence-corrected chi connectivity index (χ0v) is 10.2. The van der Waals surface area contributed by atoms with Gasteiger partial charge in [0.25, 0.3) is 0 Å². The van der Waals surface area contributed by atoms with Crippen LogP contribution >= 0.6 is 22.9 Å². The standard InChI is InChI=1S/C11H11ClN2S/c1-8-7-15-11(14(8)2)13-10-5-3-4-9(12)6-10/h3-7H,1-2H3/p+1. The van der Waals surface area contributed by atoms with Crippen LogP contribution in [0, 0.1) is 6.92 Å². The number of anilines is 2. The maximum absolute atomic E-state index is 5.91. The number of aryl methyl sites for hydroxylation is 1. The second-order valence-electron chi connectivity index (χ2n) is 3.38. The van der Waals surface area contributed by atoms with Crippen LogP contribution < -0.4 is 9.88 Å². The van der Waals surface area contributed by atoms with Gasteiger partial charge < -0.3 is 0 Å². The summed E-state index contributed by atoms with van der Waals surface area (Å²) in [5, 5.41) is 7.30. The Morgan fingerprint density at radius 2 is 2.20 bits per heavy atom. The molecule has 0 atom stereocenters. The lowest BCUT2D eigenvalue weighted by Gasteiger charge is -1.98. The number of thiazole rings is 1. The molecule has 0 amide bonds. The number of hydrogen-bond acceptors (Lipinski definition) is 2. The Bertz CT molecular complexity index is 479. The minimum atomic E-state index is 0.746. The summed E-state index contributed by atoms with van der Waals surface area (Å²) in [6, 6.07) is 7.72. The van der Waals surface area contributed by atoms with Crippen LogP contribution in [0.1, 0.15) is 5.69 Å². The van der Waals surface area contributed by atoms with Crippen molar-refractivity contribution in [2.24, 2.45) is 7.05 Å². The van der Waals surface area contributed by atoms with E-state index in [1.54, 1.807) is 11.3 Å². The Labute approximate surface area is 98.1 Å². The molecule has 4 heteroatoms. The molecule has 0 bridgehead atoms. The first-order valence-corrected chi connectivity index (χ1v) is 5.89. The van der Waals surface area contributed by atoms with E-state index in [2.05, 4.69) is 22.2 Å². The molecule has 1 heterocycles. The van der Waals surface area contributed by atoms with Crippen LogP contribution in [-0.2, 0) is 7.05 Å². The highest BCUT2D eigenvalue weighted by Gasteiger charge is 2.11. The van der Waals surface area contributed by atoms with Gasteiger partial charge in [0.2, 0.25) is 0 Å². The fourth-order valence-electron chi connectivity index (χ4n) is 1.26. The number of nitrogens with zero attached hydrogens (tertiary/aromatic N) is 1. The molecule has 2 aromatic rings. The van der Waals surface area contributed by atoms with Crippen molar-refractivity contribution >= 4 is 33.8 Å². The molecule has 2 nitrogen and oxygen atoms in total. The van der Waals surface area contributed by atoms with Gasteiger partial charge in [-0.1, -0.05) is 29.0 Å². The monoisotopic (exact) mass is 239 g/mol. The van der Waals surface area contributed by atoms with E-state index >= 15 is 0 Å². The van der Waals surface area contributed by atoms with E-state index in [1.807, 2.05) is 31.3 Å². The lowest BCUT2D eigenvalue weighted by Crippen LogP contribution is -2.31. The number of rotatable bonds is 2. The van der Waals surface area contributed by atoms with Crippen LogP contribution in [0.4, 0.5) is 10.8 Å². The van der Waals surface area contributed by atoms with Crippen LogP contribution in [-0.4, -0.2) is 0 Å². The summed E-state index contributed by atoms with van der Waals surface area (Å²) in [4.78, 5) is 0. The van der Waals surface area contributed by atoms with E-state index in [0.29, 0.717) is 0 Å². The topological polar surface area (TPSA) is 15.9 Å². The summed E-state index contributed by atoms with van der Waals surface area (Å²) >= 11 is 7.60. The second kappa shape index (κ2) is 4.21. The molecule has 15 heavy (non-hydrogen) atoms. The molecule has 0 aliphatic carbocycles. The molecule has 0 radical (unpaired) electrons. The van der Waals surface area contributed by atoms with Crippen LogP contribution in [0.3, 0.4) is 0 Å². The minimum absolute atomic E-state index is 0.746. The highest BCUT2D eigenvalue weighted by atomic mass is 35.5. The molecule has 0 aliphatic heterocycles. The average Bonchev–Trinajstić information content (AvgIpc) is 2.50. The van der Waals surface area contributed by atoms with E-state index in [9.17, 15) is 0 Å². The molecule has 1 N–H and O–H groups in total. The predicted molar refractivity (Wildman–Crippen MR) is 65.0 cm³/mol. The summed E-state index contributed by atoms with van der Waals surface area (Å²) < 4.78 is 2.12. The molecule has 0 fully saturated rings. The molecule has 2 rings (SSSR count). The Hall–Kier alpha value is -1.06. The smallest absolute Gasteiger partial charge is 0.231 e. The number of hydrogen-bond donors (Lipinski definition) is 1. The summed E-state index contributed by atoms with van der Waals surface area (Å²) in [6.45, 7) is 2.08. The normalized spacial score (nSPS) is 10.3. The highest BCUT2D eigenvalue weighted by molar-refractivity contribution is 7.13. The van der Waals surface area contributed by atoms with Gasteiger partial charge in [-0.25, -0.2) is 9.88 Å². The zero-order chi connectivity index (χ0) is 10.8. The van der Waals surface area contributed by atoms with Gasteiger partial charge in [-0.05, 0) is 19.1 Å². The van der Waals surface area contributed by atoms with Gasteiger partial charge in [0.15, 0.2) is 0 Å². The van der Waals surface area contributed by atoms with Crippen LogP contribution in [0.5, 0.6) is 0 Å². The Kier molecular flexibility index (Phi) is 2.93. The molecule has 78 valence electrons. The van der Waals surface area contributed by atoms with Gasteiger partial charge in [-0.3, -0.25) is 0 Å². The van der Waals surface area contributed by atoms with Crippen molar-refractivity contribution in [3.63, 3.8) is 0 Å². The lowest BCUT2D eigenvalue weighted by atomic mass is 10.3. The van der Waals surface area contributed by atoms with Gasteiger partial charge >= 0.3 is 5.13 Å². The first-order valence-electron chi connectivity index (χ1n) is 4.63. The molecule has 0 spiro atoms. The first kappa shape index (κ1) is 10.5. The molecular weight excluding hydrogens is 228 g/mol. The number of nitrogens with one attached hydrogen (secondary N) is 1. The minimum Gasteiger partial charge on any atom is -0.231 e. The van der Waals surface area contributed by atoms with E-state index in [1.165, 1.54) is 5.69 Å². The van der Waals surface area contributed by atoms with Crippen molar-refractivity contribution in [1.82, 2.24) is 0 Å². The number of benzene rings is 1. The first-order chi connectivity index (χ1) is 7.16. The van der Waals surface area contributed by atoms with Gasteiger partial charge in [-0.2, -0.15) is 0 Å². The molecule has 1 aromatic heterocycles. The predicted octanol–water partition coefficient (Wildman–Crippen LogP) is 3.28. The van der Waals surface area contributed by atoms with Crippen molar-refractivity contribution in [3.05, 3.63) is 40.4 Å². The van der Waals surface area contributed by atoms with Crippen molar-refractivity contribution < 1.29 is 4.57 Å².